The number of alkyl halides is 7. The molecular formula is C29H21ClF7N3O3. The number of halogens is 8. The molecule has 2 amide bonds. The highest BCUT2D eigenvalue weighted by atomic mass is 35.5. The minimum atomic E-state index is -4.97. The van der Waals surface area contributed by atoms with Gasteiger partial charge in [-0.05, 0) is 47.5 Å². The number of pyridine rings is 1. The Balaban J connectivity index is 1.80. The summed E-state index contributed by atoms with van der Waals surface area (Å²) in [5.41, 5.74) is -0.883. The second-order valence-corrected chi connectivity index (χ2v) is 9.51. The fraction of sp³-hybridized carbons (Fsp3) is 0.172. The molecule has 0 saturated heterocycles. The van der Waals surface area contributed by atoms with Crippen molar-refractivity contribution in [3.63, 3.8) is 0 Å². The molecule has 4 aromatic rings. The smallest absolute Gasteiger partial charge is 0.428 e. The summed E-state index contributed by atoms with van der Waals surface area (Å²) in [5.74, 6) is -1.22. The lowest BCUT2D eigenvalue weighted by Crippen LogP contribution is -2.50. The number of carbonyl (C=O) groups excluding carboxylic acids is 1. The van der Waals surface area contributed by atoms with Crippen LogP contribution in [-0.2, 0) is 12.0 Å². The quantitative estimate of drug-likeness (QED) is 0.174. The van der Waals surface area contributed by atoms with Crippen LogP contribution in [0.3, 0.4) is 0 Å². The van der Waals surface area contributed by atoms with Crippen molar-refractivity contribution < 1.29 is 45.0 Å². The minimum absolute atomic E-state index is 0.0538. The van der Waals surface area contributed by atoms with Crippen molar-refractivity contribution in [3.8, 4) is 11.5 Å². The number of nitrogens with one attached hydrogen (secondary N) is 2. The number of amides is 2. The van der Waals surface area contributed by atoms with Gasteiger partial charge in [-0.1, -0.05) is 60.1 Å². The zero-order chi connectivity index (χ0) is 31.3. The lowest BCUT2D eigenvalue weighted by Gasteiger charge is -2.35. The first kappa shape index (κ1) is 31.4. The van der Waals surface area contributed by atoms with E-state index >= 15 is 0 Å². The van der Waals surface area contributed by atoms with Crippen LogP contribution in [0.5, 0.6) is 11.5 Å². The molecule has 6 nitrogen and oxygen atoms in total. The first-order valence-corrected chi connectivity index (χ1v) is 12.7. The highest BCUT2D eigenvalue weighted by Gasteiger charge is 2.45. The average molecular weight is 628 g/mol. The van der Waals surface area contributed by atoms with Gasteiger partial charge in [0.2, 0.25) is 0 Å². The molecule has 0 bridgehead atoms. The molecule has 226 valence electrons. The van der Waals surface area contributed by atoms with Crippen molar-refractivity contribution >= 4 is 23.3 Å². The van der Waals surface area contributed by atoms with Crippen molar-refractivity contribution in [1.29, 1.82) is 0 Å². The molecule has 43 heavy (non-hydrogen) atoms. The van der Waals surface area contributed by atoms with E-state index in [2.05, 4.69) is 25.1 Å². The lowest BCUT2D eigenvalue weighted by molar-refractivity contribution is -0.274. The lowest BCUT2D eigenvalue weighted by atomic mass is 9.80. The summed E-state index contributed by atoms with van der Waals surface area (Å²) in [4.78, 5) is 17.8. The molecular weight excluding hydrogens is 607 g/mol. The van der Waals surface area contributed by atoms with E-state index in [1.165, 1.54) is 42.6 Å². The maximum Gasteiger partial charge on any atom is 0.573 e. The van der Waals surface area contributed by atoms with E-state index in [0.29, 0.717) is 5.56 Å². The second kappa shape index (κ2) is 12.8. The van der Waals surface area contributed by atoms with Gasteiger partial charge in [-0.3, -0.25) is 4.98 Å². The van der Waals surface area contributed by atoms with E-state index in [4.69, 9.17) is 11.6 Å². The molecule has 0 saturated carbocycles. The zero-order valence-electron chi connectivity index (χ0n) is 21.7. The molecule has 0 fully saturated rings. The van der Waals surface area contributed by atoms with E-state index in [1.807, 2.05) is 0 Å². The van der Waals surface area contributed by atoms with Crippen LogP contribution in [-0.4, -0.2) is 29.9 Å². The predicted molar refractivity (Wildman–Crippen MR) is 143 cm³/mol. The number of aromatic nitrogens is 1. The molecule has 3 aromatic carbocycles. The normalized spacial score (nSPS) is 13.2. The van der Waals surface area contributed by atoms with Gasteiger partial charge < -0.3 is 20.1 Å². The molecule has 14 heteroatoms. The van der Waals surface area contributed by atoms with Crippen LogP contribution in [0.4, 0.5) is 41.2 Å². The van der Waals surface area contributed by atoms with Gasteiger partial charge >= 0.3 is 24.9 Å². The molecule has 1 atom stereocenters. The Hall–Kier alpha value is -4.52. The number of anilines is 1. The Labute approximate surface area is 245 Å². The van der Waals surface area contributed by atoms with Crippen LogP contribution in [0.1, 0.15) is 16.8 Å². The summed E-state index contributed by atoms with van der Waals surface area (Å²) in [6, 6.07) is 19.9. The molecule has 0 radical (unpaired) electrons. The van der Waals surface area contributed by atoms with Crippen molar-refractivity contribution in [3.05, 3.63) is 119 Å². The van der Waals surface area contributed by atoms with Crippen molar-refractivity contribution in [2.45, 2.75) is 30.9 Å². The molecule has 4 rings (SSSR count). The van der Waals surface area contributed by atoms with Gasteiger partial charge in [-0.25, -0.2) is 4.79 Å². The molecule has 0 aliphatic carbocycles. The number of urea groups is 1. The summed E-state index contributed by atoms with van der Waals surface area (Å²) in [6.07, 6.45) is -12.7. The Kier molecular flexibility index (Phi) is 9.34. The Morgan fingerprint density at radius 3 is 2.14 bits per heavy atom. The molecule has 1 aromatic heterocycles. The standard InChI is InChI=1S/C29H21ClF7N3O3/c30-20-12-13-24(38-17-20)27(16-18-6-2-1-3-7-18,19-8-4-10-22(14-19)42-28(33,34)25(31)32)40-26(41)39-21-9-5-11-23(15-21)43-29(35,36)37/h1-15,17,25H,16H2,(H2,39,40,41)/t27-/m1/s1. The topological polar surface area (TPSA) is 72.5 Å². The fourth-order valence-electron chi connectivity index (χ4n) is 4.21. The van der Waals surface area contributed by atoms with Crippen molar-refractivity contribution in [2.75, 3.05) is 5.32 Å². The van der Waals surface area contributed by atoms with Gasteiger partial charge in [-0.15, -0.1) is 13.2 Å². The second-order valence-electron chi connectivity index (χ2n) is 9.08. The van der Waals surface area contributed by atoms with Crippen LogP contribution < -0.4 is 20.1 Å². The first-order valence-electron chi connectivity index (χ1n) is 12.3. The van der Waals surface area contributed by atoms with E-state index in [1.54, 1.807) is 30.3 Å². The molecule has 0 unspecified atom stereocenters. The summed E-state index contributed by atoms with van der Waals surface area (Å²) in [6.45, 7) is 0. The Morgan fingerprint density at radius 2 is 1.51 bits per heavy atom. The number of hydrogen-bond acceptors (Lipinski definition) is 4. The van der Waals surface area contributed by atoms with E-state index < -0.39 is 42.0 Å². The van der Waals surface area contributed by atoms with Crippen LogP contribution in [0.2, 0.25) is 5.02 Å². The van der Waals surface area contributed by atoms with Crippen LogP contribution in [0.25, 0.3) is 0 Å². The molecule has 0 spiro atoms. The zero-order valence-corrected chi connectivity index (χ0v) is 22.5. The van der Waals surface area contributed by atoms with Gasteiger partial charge in [-0.2, -0.15) is 17.6 Å². The number of nitrogens with zero attached hydrogens (tertiary/aromatic N) is 1. The first-order chi connectivity index (χ1) is 20.3. The highest BCUT2D eigenvalue weighted by Crippen LogP contribution is 2.37. The Bertz CT molecular complexity index is 1540. The summed E-state index contributed by atoms with van der Waals surface area (Å²) >= 11 is 6.04. The van der Waals surface area contributed by atoms with Crippen LogP contribution >= 0.6 is 11.6 Å². The number of carbonyl (C=O) groups is 1. The molecule has 0 aliphatic rings. The van der Waals surface area contributed by atoms with Gasteiger partial charge in [0.15, 0.2) is 0 Å². The van der Waals surface area contributed by atoms with Crippen molar-refractivity contribution in [2.24, 2.45) is 0 Å². The largest absolute Gasteiger partial charge is 0.573 e. The van der Waals surface area contributed by atoms with E-state index in [-0.39, 0.29) is 28.4 Å². The number of benzene rings is 3. The van der Waals surface area contributed by atoms with Gasteiger partial charge in [0, 0.05) is 24.4 Å². The third-order valence-corrected chi connectivity index (χ3v) is 6.19. The monoisotopic (exact) mass is 627 g/mol. The predicted octanol–water partition coefficient (Wildman–Crippen LogP) is 8.18. The minimum Gasteiger partial charge on any atom is -0.428 e. The third kappa shape index (κ3) is 8.28. The summed E-state index contributed by atoms with van der Waals surface area (Å²) in [5, 5.41) is 5.41. The highest BCUT2D eigenvalue weighted by molar-refractivity contribution is 6.30. The maximum absolute atomic E-state index is 13.8. The molecule has 1 heterocycles. The van der Waals surface area contributed by atoms with Gasteiger partial charge in [0.1, 0.15) is 17.0 Å². The average Bonchev–Trinajstić information content (AvgIpc) is 2.92. The fourth-order valence-corrected chi connectivity index (χ4v) is 4.32. The molecule has 0 aliphatic heterocycles. The summed E-state index contributed by atoms with van der Waals surface area (Å²) < 4.78 is 99.7. The van der Waals surface area contributed by atoms with Crippen molar-refractivity contribution in [1.82, 2.24) is 10.3 Å². The number of rotatable bonds is 10. The van der Waals surface area contributed by atoms with Gasteiger partial charge in [0.05, 0.1) is 10.7 Å². The SMILES string of the molecule is O=C(Nc1cccc(OC(F)(F)F)c1)N[C@](Cc1ccccc1)(c1cccc(OC(F)(F)C(F)F)c1)c1ccc(Cl)cn1. The van der Waals surface area contributed by atoms with Crippen LogP contribution in [0.15, 0.2) is 97.2 Å². The Morgan fingerprint density at radius 1 is 0.837 bits per heavy atom. The molecule has 2 N–H and O–H groups in total. The van der Waals surface area contributed by atoms with E-state index in [9.17, 15) is 35.5 Å². The number of ether oxygens (including phenoxy) is 2. The van der Waals surface area contributed by atoms with Gasteiger partial charge in [0.25, 0.3) is 0 Å². The van der Waals surface area contributed by atoms with E-state index in [0.717, 1.165) is 24.3 Å². The number of hydrogen-bond donors (Lipinski definition) is 2. The van der Waals surface area contributed by atoms with Crippen LogP contribution in [0, 0.1) is 0 Å². The summed E-state index contributed by atoms with van der Waals surface area (Å²) in [7, 11) is 0. The third-order valence-electron chi connectivity index (χ3n) is 5.96. The maximum atomic E-state index is 13.8.